The summed E-state index contributed by atoms with van der Waals surface area (Å²) in [5.74, 6) is -1.85. The summed E-state index contributed by atoms with van der Waals surface area (Å²) in [7, 11) is 1.30. The van der Waals surface area contributed by atoms with Crippen LogP contribution < -0.4 is 10.5 Å². The van der Waals surface area contributed by atoms with Crippen molar-refractivity contribution in [2.45, 2.75) is 6.42 Å². The molecule has 3 N–H and O–H groups in total. The third-order valence-electron chi connectivity index (χ3n) is 1.79. The Bertz CT molecular complexity index is 365. The second-order valence-electron chi connectivity index (χ2n) is 2.72. The molecule has 0 radical (unpaired) electrons. The van der Waals surface area contributed by atoms with Crippen LogP contribution in [0.3, 0.4) is 0 Å². The van der Waals surface area contributed by atoms with Gasteiger partial charge in [-0.3, -0.25) is 4.79 Å². The molecule has 14 heavy (non-hydrogen) atoms. The molecule has 0 aliphatic heterocycles. The highest BCUT2D eigenvalue weighted by atomic mass is 19.1. The number of nitrogen functional groups attached to an aromatic ring is 1. The number of nitrogens with two attached hydrogens (primary N) is 1. The number of halogens is 1. The first-order valence-corrected chi connectivity index (χ1v) is 3.89. The molecule has 1 aromatic carbocycles. The number of hydrogen-bond acceptors (Lipinski definition) is 3. The van der Waals surface area contributed by atoms with Crippen LogP contribution in [-0.4, -0.2) is 18.2 Å². The van der Waals surface area contributed by atoms with Gasteiger partial charge < -0.3 is 15.6 Å². The molecule has 0 atom stereocenters. The SMILES string of the molecule is COc1ccc(N)c(CC(=O)O)c1F. The van der Waals surface area contributed by atoms with E-state index in [1.807, 2.05) is 0 Å². The Kier molecular flexibility index (Phi) is 2.91. The third-order valence-corrected chi connectivity index (χ3v) is 1.79. The Morgan fingerprint density at radius 2 is 2.29 bits per heavy atom. The number of anilines is 1. The Morgan fingerprint density at radius 1 is 1.64 bits per heavy atom. The van der Waals surface area contributed by atoms with Crippen LogP contribution in [0, 0.1) is 5.82 Å². The number of ether oxygens (including phenoxy) is 1. The van der Waals surface area contributed by atoms with E-state index in [0.29, 0.717) is 0 Å². The van der Waals surface area contributed by atoms with E-state index in [-0.39, 0.29) is 17.0 Å². The minimum absolute atomic E-state index is 0.00421. The molecule has 5 heteroatoms. The second kappa shape index (κ2) is 3.95. The number of rotatable bonds is 3. The maximum atomic E-state index is 13.4. The molecule has 0 aliphatic carbocycles. The summed E-state index contributed by atoms with van der Waals surface area (Å²) < 4.78 is 18.1. The standard InChI is InChI=1S/C9H10FNO3/c1-14-7-3-2-6(11)5(9(7)10)4-8(12)13/h2-3H,4,11H2,1H3,(H,12,13). The van der Waals surface area contributed by atoms with Crippen molar-refractivity contribution in [2.75, 3.05) is 12.8 Å². The third kappa shape index (κ3) is 1.93. The number of carboxylic acids is 1. The molecule has 76 valence electrons. The molecule has 0 saturated heterocycles. The quantitative estimate of drug-likeness (QED) is 0.713. The smallest absolute Gasteiger partial charge is 0.308 e. The Morgan fingerprint density at radius 3 is 2.79 bits per heavy atom. The summed E-state index contributed by atoms with van der Waals surface area (Å²) in [5, 5.41) is 8.52. The van der Waals surface area contributed by atoms with Crippen molar-refractivity contribution in [2.24, 2.45) is 0 Å². The number of methoxy groups -OCH3 is 1. The molecule has 0 spiro atoms. The number of aliphatic carboxylic acids is 1. The van der Waals surface area contributed by atoms with Crippen LogP contribution in [0.4, 0.5) is 10.1 Å². The van der Waals surface area contributed by atoms with E-state index in [1.54, 1.807) is 0 Å². The molecule has 0 unspecified atom stereocenters. The molecule has 4 nitrogen and oxygen atoms in total. The summed E-state index contributed by atoms with van der Waals surface area (Å²) in [5.41, 5.74) is 5.51. The van der Waals surface area contributed by atoms with Crippen molar-refractivity contribution in [3.8, 4) is 5.75 Å². The highest BCUT2D eigenvalue weighted by Gasteiger charge is 2.14. The summed E-state index contributed by atoms with van der Waals surface area (Å²) in [6.07, 6.45) is -0.450. The lowest BCUT2D eigenvalue weighted by Crippen LogP contribution is -2.07. The fourth-order valence-corrected chi connectivity index (χ4v) is 1.10. The van der Waals surface area contributed by atoms with Crippen LogP contribution in [0.1, 0.15) is 5.56 Å². The normalized spacial score (nSPS) is 9.86. The van der Waals surface area contributed by atoms with Gasteiger partial charge in [-0.15, -0.1) is 0 Å². The lowest BCUT2D eigenvalue weighted by atomic mass is 10.1. The van der Waals surface area contributed by atoms with Gasteiger partial charge in [-0.05, 0) is 12.1 Å². The highest BCUT2D eigenvalue weighted by molar-refractivity contribution is 5.73. The number of benzene rings is 1. The summed E-state index contributed by atoms with van der Waals surface area (Å²) in [4.78, 5) is 10.4. The van der Waals surface area contributed by atoms with Crippen molar-refractivity contribution >= 4 is 11.7 Å². The van der Waals surface area contributed by atoms with Gasteiger partial charge >= 0.3 is 5.97 Å². The lowest BCUT2D eigenvalue weighted by molar-refractivity contribution is -0.136. The van der Waals surface area contributed by atoms with Crippen LogP contribution in [0.25, 0.3) is 0 Å². The zero-order chi connectivity index (χ0) is 10.7. The van der Waals surface area contributed by atoms with Gasteiger partial charge in [0.2, 0.25) is 0 Å². The first-order chi connectivity index (χ1) is 6.56. The van der Waals surface area contributed by atoms with Gasteiger partial charge in [-0.2, -0.15) is 0 Å². The van der Waals surface area contributed by atoms with Crippen LogP contribution in [0.5, 0.6) is 5.75 Å². The number of hydrogen-bond donors (Lipinski definition) is 2. The predicted molar refractivity (Wildman–Crippen MR) is 48.7 cm³/mol. The second-order valence-corrected chi connectivity index (χ2v) is 2.72. The van der Waals surface area contributed by atoms with E-state index in [9.17, 15) is 9.18 Å². The first kappa shape index (κ1) is 10.3. The summed E-state index contributed by atoms with van der Waals surface area (Å²) >= 11 is 0. The average molecular weight is 199 g/mol. The van der Waals surface area contributed by atoms with Gasteiger partial charge in [-0.1, -0.05) is 0 Å². The molecule has 1 rings (SSSR count). The first-order valence-electron chi connectivity index (χ1n) is 3.89. The number of carboxylic acid groups (broad SMARTS) is 1. The molecule has 0 bridgehead atoms. The molecule has 0 aliphatic rings. The minimum Gasteiger partial charge on any atom is -0.494 e. The molecular formula is C9H10FNO3. The maximum absolute atomic E-state index is 13.4. The monoisotopic (exact) mass is 199 g/mol. The molecule has 0 heterocycles. The minimum atomic E-state index is -1.14. The average Bonchev–Trinajstić information content (AvgIpc) is 2.12. The Labute approximate surface area is 80.1 Å². The fraction of sp³-hybridized carbons (Fsp3) is 0.222. The van der Waals surface area contributed by atoms with E-state index in [1.165, 1.54) is 19.2 Å². The van der Waals surface area contributed by atoms with E-state index in [2.05, 4.69) is 0 Å². The van der Waals surface area contributed by atoms with Crippen LogP contribution in [0.2, 0.25) is 0 Å². The van der Waals surface area contributed by atoms with Gasteiger partial charge in [-0.25, -0.2) is 4.39 Å². The van der Waals surface area contributed by atoms with Crippen molar-refractivity contribution in [3.63, 3.8) is 0 Å². The largest absolute Gasteiger partial charge is 0.494 e. The van der Waals surface area contributed by atoms with E-state index < -0.39 is 18.2 Å². The van der Waals surface area contributed by atoms with E-state index >= 15 is 0 Å². The van der Waals surface area contributed by atoms with Gasteiger partial charge in [0.15, 0.2) is 11.6 Å². The molecule has 1 aromatic rings. The van der Waals surface area contributed by atoms with Gasteiger partial charge in [0.05, 0.1) is 13.5 Å². The van der Waals surface area contributed by atoms with Crippen molar-refractivity contribution in [3.05, 3.63) is 23.5 Å². The van der Waals surface area contributed by atoms with Crippen molar-refractivity contribution < 1.29 is 19.0 Å². The van der Waals surface area contributed by atoms with Crippen LogP contribution in [-0.2, 0) is 11.2 Å². The summed E-state index contributed by atoms with van der Waals surface area (Å²) in [6, 6.07) is 2.77. The van der Waals surface area contributed by atoms with Crippen LogP contribution in [0.15, 0.2) is 12.1 Å². The molecule has 0 aromatic heterocycles. The number of carbonyl (C=O) groups is 1. The van der Waals surface area contributed by atoms with Crippen molar-refractivity contribution in [1.29, 1.82) is 0 Å². The lowest BCUT2D eigenvalue weighted by Gasteiger charge is -2.08. The van der Waals surface area contributed by atoms with E-state index in [4.69, 9.17) is 15.6 Å². The van der Waals surface area contributed by atoms with Gasteiger partial charge in [0, 0.05) is 11.3 Å². The molecule has 0 amide bonds. The van der Waals surface area contributed by atoms with E-state index in [0.717, 1.165) is 0 Å². The molecule has 0 saturated carbocycles. The Balaban J connectivity index is 3.18. The fourth-order valence-electron chi connectivity index (χ4n) is 1.10. The van der Waals surface area contributed by atoms with Crippen LogP contribution >= 0.6 is 0 Å². The highest BCUT2D eigenvalue weighted by Crippen LogP contribution is 2.25. The Hall–Kier alpha value is -1.78. The maximum Gasteiger partial charge on any atom is 0.308 e. The van der Waals surface area contributed by atoms with Crippen molar-refractivity contribution in [1.82, 2.24) is 0 Å². The molecule has 0 fully saturated rings. The van der Waals surface area contributed by atoms with Gasteiger partial charge in [0.1, 0.15) is 0 Å². The zero-order valence-electron chi connectivity index (χ0n) is 7.58. The topological polar surface area (TPSA) is 72.5 Å². The van der Waals surface area contributed by atoms with Gasteiger partial charge in [0.25, 0.3) is 0 Å². The summed E-state index contributed by atoms with van der Waals surface area (Å²) in [6.45, 7) is 0. The zero-order valence-corrected chi connectivity index (χ0v) is 7.58. The molecular weight excluding hydrogens is 189 g/mol. The predicted octanol–water partition coefficient (Wildman–Crippen LogP) is 1.04.